The number of hydrogen-bond acceptors (Lipinski definition) is 15. The number of allylic oxidation sites excluding steroid dienone is 6. The van der Waals surface area contributed by atoms with E-state index in [1.54, 1.807) is 66.0 Å². The predicted molar refractivity (Wildman–Crippen MR) is 267 cm³/mol. The minimum atomic E-state index is -3.85. The number of esters is 1. The molecule has 0 aromatic carbocycles. The second kappa shape index (κ2) is 27.7. The van der Waals surface area contributed by atoms with Gasteiger partial charge in [-0.25, -0.2) is 17.9 Å². The van der Waals surface area contributed by atoms with Crippen LogP contribution in [0.5, 0.6) is 0 Å². The van der Waals surface area contributed by atoms with Crippen LogP contribution >= 0.6 is 0 Å². The molecule has 18 heteroatoms. The molecule has 0 spiro atoms. The number of ketones is 3. The largest absolute Gasteiger partial charge is 0.460 e. The van der Waals surface area contributed by atoms with Crippen LogP contribution in [0.25, 0.3) is 0 Å². The van der Waals surface area contributed by atoms with E-state index in [0.717, 1.165) is 4.90 Å². The summed E-state index contributed by atoms with van der Waals surface area (Å²) >= 11 is 0. The second-order valence-corrected chi connectivity index (χ2v) is 22.7. The molecular formula is C53H84N2O15S. The zero-order chi connectivity index (χ0) is 52.8. The fraction of sp³-hybridized carbons (Fsp3) is 0.755. The first-order valence-electron chi connectivity index (χ1n) is 25.6. The number of likely N-dealkylation sites (N-methyl/N-ethyl adjacent to an activating group) is 1. The van der Waals surface area contributed by atoms with E-state index in [0.29, 0.717) is 82.1 Å². The number of carbonyl (C=O) groups excluding carboxylic acids is 5. The third-order valence-corrected chi connectivity index (χ3v) is 16.9. The van der Waals surface area contributed by atoms with Crippen LogP contribution in [0.3, 0.4) is 0 Å². The Morgan fingerprint density at radius 3 is 2.23 bits per heavy atom. The molecule has 14 atom stereocenters. The molecule has 0 aromatic heterocycles. The van der Waals surface area contributed by atoms with Crippen LogP contribution in [0.4, 0.5) is 0 Å². The van der Waals surface area contributed by atoms with Crippen molar-refractivity contribution in [2.24, 2.45) is 35.5 Å². The lowest BCUT2D eigenvalue weighted by atomic mass is 9.78. The second-order valence-electron chi connectivity index (χ2n) is 20.9. The summed E-state index contributed by atoms with van der Waals surface area (Å²) < 4.78 is 59.0. The number of aliphatic hydroxyl groups is 3. The highest BCUT2D eigenvalue weighted by Gasteiger charge is 2.52. The molecule has 2 saturated heterocycles. The lowest BCUT2D eigenvalue weighted by Gasteiger charge is -2.42. The highest BCUT2D eigenvalue weighted by Crippen LogP contribution is 2.37. The number of amides is 1. The van der Waals surface area contributed by atoms with E-state index < -0.39 is 99.7 Å². The zero-order valence-corrected chi connectivity index (χ0v) is 44.6. The molecule has 1 saturated carbocycles. The number of hydrogen-bond donors (Lipinski definition) is 4. The van der Waals surface area contributed by atoms with Gasteiger partial charge in [0.05, 0.1) is 24.1 Å². The molecule has 1 aliphatic carbocycles. The summed E-state index contributed by atoms with van der Waals surface area (Å²) in [7, 11) is 0.280. The highest BCUT2D eigenvalue weighted by molar-refractivity contribution is 7.89. The van der Waals surface area contributed by atoms with Gasteiger partial charge in [-0.1, -0.05) is 69.7 Å². The Labute approximate surface area is 422 Å². The number of Topliss-reactive ketones (excluding diaryl/α,β-unsaturated/α-hetero) is 3. The van der Waals surface area contributed by atoms with Crippen LogP contribution in [0, 0.1) is 35.5 Å². The van der Waals surface area contributed by atoms with Crippen molar-refractivity contribution in [1.82, 2.24) is 9.62 Å². The van der Waals surface area contributed by atoms with E-state index in [-0.39, 0.29) is 54.5 Å². The van der Waals surface area contributed by atoms with Gasteiger partial charge in [-0.3, -0.25) is 19.2 Å². The number of aliphatic hydroxyl groups excluding tert-OH is 2. The Bertz CT molecular complexity index is 2050. The molecule has 402 valence electrons. The van der Waals surface area contributed by atoms with E-state index >= 15 is 0 Å². The van der Waals surface area contributed by atoms with Crippen molar-refractivity contribution in [3.63, 3.8) is 0 Å². The van der Waals surface area contributed by atoms with E-state index in [2.05, 4.69) is 4.72 Å². The predicted octanol–water partition coefficient (Wildman–Crippen LogP) is 5.10. The first-order chi connectivity index (χ1) is 33.4. The number of methoxy groups -OCH3 is 2. The minimum Gasteiger partial charge on any atom is -0.460 e. The minimum absolute atomic E-state index is 0.0245. The molecule has 3 fully saturated rings. The van der Waals surface area contributed by atoms with E-state index in [4.69, 9.17) is 23.7 Å². The molecular weight excluding hydrogens is 937 g/mol. The van der Waals surface area contributed by atoms with Crippen molar-refractivity contribution >= 4 is 39.2 Å². The molecule has 0 radical (unpaired) electrons. The van der Waals surface area contributed by atoms with E-state index in [9.17, 15) is 47.7 Å². The van der Waals surface area contributed by atoms with Crippen LogP contribution in [0.2, 0.25) is 0 Å². The first kappa shape index (κ1) is 60.1. The first-order valence-corrected chi connectivity index (χ1v) is 27.2. The summed E-state index contributed by atoms with van der Waals surface area (Å²) in [6, 6.07) is -2.18. The molecule has 6 unspecified atom stereocenters. The highest BCUT2D eigenvalue weighted by atomic mass is 32.2. The summed E-state index contributed by atoms with van der Waals surface area (Å²) in [5, 5.41) is 33.8. The third-order valence-electron chi connectivity index (χ3n) is 15.3. The topological polar surface area (TPSA) is 242 Å². The van der Waals surface area contributed by atoms with Gasteiger partial charge in [0.15, 0.2) is 5.78 Å². The Morgan fingerprint density at radius 1 is 0.873 bits per heavy atom. The van der Waals surface area contributed by atoms with Crippen molar-refractivity contribution in [2.75, 3.05) is 40.2 Å². The molecule has 17 nitrogen and oxygen atoms in total. The molecule has 3 aliphatic heterocycles. The smallest absolute Gasteiger partial charge is 0.328 e. The van der Waals surface area contributed by atoms with Crippen molar-refractivity contribution in [3.8, 4) is 0 Å². The normalized spacial score (nSPS) is 37.8. The lowest BCUT2D eigenvalue weighted by molar-refractivity contribution is -0.263. The van der Waals surface area contributed by atoms with Crippen LogP contribution in [-0.2, 0) is 57.7 Å². The number of fused-ring (bicyclic) bond motifs is 2. The van der Waals surface area contributed by atoms with Gasteiger partial charge in [-0.15, -0.1) is 0 Å². The lowest BCUT2D eigenvalue weighted by Crippen LogP contribution is -2.59. The number of ether oxygens (including phenoxy) is 5. The number of rotatable bonds is 9. The van der Waals surface area contributed by atoms with Crippen molar-refractivity contribution in [2.45, 2.75) is 180 Å². The Kier molecular flexibility index (Phi) is 23.5. The summed E-state index contributed by atoms with van der Waals surface area (Å²) in [4.78, 5) is 70.8. The molecule has 2 bridgehead atoms. The average molecular weight is 1020 g/mol. The average Bonchev–Trinajstić information content (AvgIpc) is 3.33. The summed E-state index contributed by atoms with van der Waals surface area (Å²) in [5.41, 5.74) is 0.975. The van der Waals surface area contributed by atoms with Crippen LogP contribution in [0.1, 0.15) is 126 Å². The Hall–Kier alpha value is -3.46. The van der Waals surface area contributed by atoms with E-state index in [1.165, 1.54) is 21.1 Å². The molecule has 3 heterocycles. The maximum absolute atomic E-state index is 14.2. The van der Waals surface area contributed by atoms with Gasteiger partial charge < -0.3 is 43.9 Å². The maximum Gasteiger partial charge on any atom is 0.328 e. The van der Waals surface area contributed by atoms with Gasteiger partial charge in [0.25, 0.3) is 11.7 Å². The van der Waals surface area contributed by atoms with Crippen LogP contribution < -0.4 is 4.72 Å². The quantitative estimate of drug-likeness (QED) is 0.133. The van der Waals surface area contributed by atoms with Crippen LogP contribution in [-0.4, -0.2) is 153 Å². The fourth-order valence-corrected chi connectivity index (χ4v) is 11.9. The zero-order valence-electron chi connectivity index (χ0n) is 43.7. The number of sulfonamides is 1. The number of nitrogens with zero attached hydrogens (tertiary/aromatic N) is 1. The standard InChI is InChI=1S/C53H84N2O15S/c1-32-16-14-12-11-13-15-17-33(2)47(58)49(67-10)48(59)36(5)26-34(3)44(57)30-45(35(4)27-40-19-21-43(56)46(28-40)66-9)69-52(62)38(7)55(8)51(61)50(60)53(63)37(6)18-20-41(70-53)29-42(32)54-71(64,65)31-39-22-24-68-25-23-39/h11-14,16,26,33-35,37-43,45-46,48-49,54,56,59,63H,15,17-25,27-31H2,1-10H3/b13-11-,14-12-,32-16-,36-26-/t33?,34?,35-,37+,38?,40+,41-,42+,43-,45?,46-,48?,49?,53+/m1/s1. The third kappa shape index (κ3) is 17.0. The number of carbonyl (C=O) groups is 5. The molecule has 4 rings (SSSR count). The molecule has 71 heavy (non-hydrogen) atoms. The van der Waals surface area contributed by atoms with Gasteiger partial charge in [0.2, 0.25) is 15.8 Å². The summed E-state index contributed by atoms with van der Waals surface area (Å²) in [5.74, 6) is -9.27. The van der Waals surface area contributed by atoms with Gasteiger partial charge in [0.1, 0.15) is 30.1 Å². The van der Waals surface area contributed by atoms with Crippen molar-refractivity contribution < 1.29 is 71.4 Å². The van der Waals surface area contributed by atoms with Gasteiger partial charge in [0, 0.05) is 64.7 Å². The molecule has 1 amide bonds. The monoisotopic (exact) mass is 1020 g/mol. The number of cyclic esters (lactones) is 1. The van der Waals surface area contributed by atoms with Crippen molar-refractivity contribution in [1.29, 1.82) is 0 Å². The van der Waals surface area contributed by atoms with Gasteiger partial charge in [-0.2, -0.15) is 0 Å². The number of nitrogens with one attached hydrogen (secondary N) is 1. The van der Waals surface area contributed by atoms with Crippen molar-refractivity contribution in [3.05, 3.63) is 47.6 Å². The summed E-state index contributed by atoms with van der Waals surface area (Å²) in [6.07, 6.45) is 10.0. The Balaban J connectivity index is 1.69. The SMILES string of the molecule is COC1C(=O)C(C)CC\C=C/C=C\C=C(\C)[C@@H](NS(=O)(=O)CC2CCOCC2)C[C@H]2CC[C@H](C)[C@](O)(O2)C(=O)C(=O)N(C)C(C)C(=O)OC([C@H](C)C[C@@H]2CC[C@@H](O)[C@H](OC)C2)CC(=O)C(C)/C=C(/C)C1O. The maximum atomic E-state index is 14.2. The molecule has 0 aromatic rings. The van der Waals surface area contributed by atoms with Gasteiger partial charge in [-0.05, 0) is 115 Å². The van der Waals surface area contributed by atoms with Gasteiger partial charge >= 0.3 is 5.97 Å². The van der Waals surface area contributed by atoms with E-state index in [1.807, 2.05) is 19.1 Å². The molecule has 4 N–H and O–H groups in total. The van der Waals surface area contributed by atoms with Crippen LogP contribution in [0.15, 0.2) is 47.6 Å². The fourth-order valence-electron chi connectivity index (χ4n) is 10.1. The Morgan fingerprint density at radius 2 is 1.56 bits per heavy atom. The molecule has 4 aliphatic rings. The summed E-state index contributed by atoms with van der Waals surface area (Å²) in [6.45, 7) is 12.6.